The minimum absolute atomic E-state index is 0.584. The number of aromatic nitrogens is 1. The van der Waals surface area contributed by atoms with Crippen molar-refractivity contribution < 1.29 is 0 Å². The van der Waals surface area contributed by atoms with Crippen LogP contribution in [0.25, 0.3) is 0 Å². The zero-order valence-corrected chi connectivity index (χ0v) is 10.4. The highest BCUT2D eigenvalue weighted by molar-refractivity contribution is 5.23. The lowest BCUT2D eigenvalue weighted by Crippen LogP contribution is -2.31. The predicted octanol–water partition coefficient (Wildman–Crippen LogP) is 2.75. The minimum atomic E-state index is 0.584. The summed E-state index contributed by atoms with van der Waals surface area (Å²) >= 11 is 0. The molecular weight excluding hydrogens is 196 g/mol. The lowest BCUT2D eigenvalue weighted by atomic mass is 9.90. The van der Waals surface area contributed by atoms with E-state index in [1.807, 2.05) is 6.20 Å². The Morgan fingerprint density at radius 1 is 1.50 bits per heavy atom. The highest BCUT2D eigenvalue weighted by Crippen LogP contribution is 2.22. The Labute approximate surface area is 98.5 Å². The van der Waals surface area contributed by atoms with Crippen molar-refractivity contribution in [3.63, 3.8) is 0 Å². The van der Waals surface area contributed by atoms with Gasteiger partial charge in [0.25, 0.3) is 0 Å². The number of pyridine rings is 1. The van der Waals surface area contributed by atoms with Gasteiger partial charge in [-0.15, -0.1) is 0 Å². The van der Waals surface area contributed by atoms with E-state index >= 15 is 0 Å². The second kappa shape index (κ2) is 5.44. The molecule has 0 bridgehead atoms. The smallest absolute Gasteiger partial charge is 0.0441 e. The van der Waals surface area contributed by atoms with Crippen molar-refractivity contribution in [1.29, 1.82) is 0 Å². The largest absolute Gasteiger partial charge is 0.316 e. The summed E-state index contributed by atoms with van der Waals surface area (Å²) in [7, 11) is 0. The first-order chi connectivity index (χ1) is 7.77. The number of rotatable bonds is 3. The van der Waals surface area contributed by atoms with Gasteiger partial charge in [-0.3, -0.25) is 4.98 Å². The molecular formula is C14H22N2. The van der Waals surface area contributed by atoms with E-state index in [0.29, 0.717) is 5.92 Å². The van der Waals surface area contributed by atoms with Crippen molar-refractivity contribution in [2.24, 2.45) is 5.92 Å². The molecule has 0 radical (unpaired) electrons. The molecule has 1 unspecified atom stereocenters. The molecule has 0 amide bonds. The molecule has 2 nitrogen and oxygen atoms in total. The van der Waals surface area contributed by atoms with Gasteiger partial charge in [0, 0.05) is 11.9 Å². The number of hydrogen-bond donors (Lipinski definition) is 1. The van der Waals surface area contributed by atoms with Crippen LogP contribution in [0.2, 0.25) is 0 Å². The van der Waals surface area contributed by atoms with Gasteiger partial charge < -0.3 is 5.32 Å². The first-order valence-electron chi connectivity index (χ1n) is 6.42. The van der Waals surface area contributed by atoms with Gasteiger partial charge in [-0.1, -0.05) is 19.9 Å². The molecule has 2 heterocycles. The quantitative estimate of drug-likeness (QED) is 0.844. The zero-order valence-electron chi connectivity index (χ0n) is 10.4. The molecule has 1 aliphatic heterocycles. The van der Waals surface area contributed by atoms with E-state index in [1.165, 1.54) is 30.6 Å². The van der Waals surface area contributed by atoms with Crippen LogP contribution in [0.1, 0.15) is 43.9 Å². The average Bonchev–Trinajstić information content (AvgIpc) is 2.31. The monoisotopic (exact) mass is 218 g/mol. The lowest BCUT2D eigenvalue weighted by molar-refractivity contribution is 0.372. The van der Waals surface area contributed by atoms with E-state index in [2.05, 4.69) is 36.3 Å². The molecule has 88 valence electrons. The average molecular weight is 218 g/mol. The van der Waals surface area contributed by atoms with Crippen LogP contribution in [-0.4, -0.2) is 18.1 Å². The van der Waals surface area contributed by atoms with Crippen LogP contribution >= 0.6 is 0 Å². The third kappa shape index (κ3) is 2.82. The number of nitrogens with zero attached hydrogens (tertiary/aromatic N) is 1. The Morgan fingerprint density at radius 3 is 3.06 bits per heavy atom. The SMILES string of the molecule is CC(C)c1cccnc1CC1CCCNC1. The fourth-order valence-electron chi connectivity index (χ4n) is 2.52. The van der Waals surface area contributed by atoms with Crippen molar-refractivity contribution in [1.82, 2.24) is 10.3 Å². The summed E-state index contributed by atoms with van der Waals surface area (Å²) in [5.41, 5.74) is 2.74. The van der Waals surface area contributed by atoms with Crippen molar-refractivity contribution in [2.45, 2.75) is 39.0 Å². The van der Waals surface area contributed by atoms with E-state index in [-0.39, 0.29) is 0 Å². The third-order valence-electron chi connectivity index (χ3n) is 3.43. The Balaban J connectivity index is 2.07. The van der Waals surface area contributed by atoms with Crippen LogP contribution in [0.15, 0.2) is 18.3 Å². The fourth-order valence-corrected chi connectivity index (χ4v) is 2.52. The third-order valence-corrected chi connectivity index (χ3v) is 3.43. The molecule has 1 N–H and O–H groups in total. The lowest BCUT2D eigenvalue weighted by Gasteiger charge is -2.23. The van der Waals surface area contributed by atoms with Crippen LogP contribution < -0.4 is 5.32 Å². The molecule has 1 fully saturated rings. The first kappa shape index (κ1) is 11.6. The van der Waals surface area contributed by atoms with E-state index in [9.17, 15) is 0 Å². The first-order valence-corrected chi connectivity index (χ1v) is 6.42. The van der Waals surface area contributed by atoms with Crippen LogP contribution in [0, 0.1) is 5.92 Å². The molecule has 1 aromatic rings. The van der Waals surface area contributed by atoms with Gasteiger partial charge in [0.15, 0.2) is 0 Å². The minimum Gasteiger partial charge on any atom is -0.316 e. The second-order valence-corrected chi connectivity index (χ2v) is 5.11. The molecule has 0 aromatic carbocycles. The molecule has 0 aliphatic carbocycles. The standard InChI is InChI=1S/C14H22N2/c1-11(2)13-6-4-8-16-14(13)9-12-5-3-7-15-10-12/h4,6,8,11-12,15H,3,5,7,9-10H2,1-2H3. The van der Waals surface area contributed by atoms with Gasteiger partial charge in [-0.25, -0.2) is 0 Å². The topological polar surface area (TPSA) is 24.9 Å². The summed E-state index contributed by atoms with van der Waals surface area (Å²) in [6, 6.07) is 4.28. The van der Waals surface area contributed by atoms with Gasteiger partial charge >= 0.3 is 0 Å². The van der Waals surface area contributed by atoms with Gasteiger partial charge in [0.05, 0.1) is 0 Å². The second-order valence-electron chi connectivity index (χ2n) is 5.11. The maximum absolute atomic E-state index is 4.57. The van der Waals surface area contributed by atoms with Crippen LogP contribution in [0.3, 0.4) is 0 Å². The predicted molar refractivity (Wildman–Crippen MR) is 67.6 cm³/mol. The van der Waals surface area contributed by atoms with Crippen LogP contribution in [-0.2, 0) is 6.42 Å². The Morgan fingerprint density at radius 2 is 2.38 bits per heavy atom. The highest BCUT2D eigenvalue weighted by atomic mass is 14.9. The molecule has 2 rings (SSSR count). The van der Waals surface area contributed by atoms with Gasteiger partial charge in [0.2, 0.25) is 0 Å². The van der Waals surface area contributed by atoms with E-state index in [0.717, 1.165) is 18.9 Å². The van der Waals surface area contributed by atoms with Gasteiger partial charge in [0.1, 0.15) is 0 Å². The maximum atomic E-state index is 4.57. The Kier molecular flexibility index (Phi) is 3.94. The summed E-state index contributed by atoms with van der Waals surface area (Å²) in [5, 5.41) is 3.48. The molecule has 1 aromatic heterocycles. The maximum Gasteiger partial charge on any atom is 0.0441 e. The number of hydrogen-bond acceptors (Lipinski definition) is 2. The Bertz CT molecular complexity index is 327. The number of piperidine rings is 1. The fraction of sp³-hybridized carbons (Fsp3) is 0.643. The Hall–Kier alpha value is -0.890. The van der Waals surface area contributed by atoms with Gasteiger partial charge in [-0.2, -0.15) is 0 Å². The normalized spacial score (nSPS) is 21.3. The van der Waals surface area contributed by atoms with E-state index in [4.69, 9.17) is 0 Å². The summed E-state index contributed by atoms with van der Waals surface area (Å²) in [4.78, 5) is 4.57. The molecule has 1 saturated heterocycles. The molecule has 0 spiro atoms. The van der Waals surface area contributed by atoms with Crippen molar-refractivity contribution in [3.05, 3.63) is 29.6 Å². The molecule has 1 atom stereocenters. The van der Waals surface area contributed by atoms with Crippen LogP contribution in [0.5, 0.6) is 0 Å². The number of nitrogens with one attached hydrogen (secondary N) is 1. The van der Waals surface area contributed by atoms with Crippen molar-refractivity contribution in [3.8, 4) is 0 Å². The summed E-state index contributed by atoms with van der Waals surface area (Å²) in [6.45, 7) is 6.85. The zero-order chi connectivity index (χ0) is 11.4. The van der Waals surface area contributed by atoms with Crippen LogP contribution in [0.4, 0.5) is 0 Å². The van der Waals surface area contributed by atoms with E-state index < -0.39 is 0 Å². The van der Waals surface area contributed by atoms with Crippen molar-refractivity contribution in [2.75, 3.05) is 13.1 Å². The summed E-state index contributed by atoms with van der Waals surface area (Å²) in [6.07, 6.45) is 5.73. The van der Waals surface area contributed by atoms with E-state index in [1.54, 1.807) is 0 Å². The highest BCUT2D eigenvalue weighted by Gasteiger charge is 2.16. The molecule has 2 heteroatoms. The summed E-state index contributed by atoms with van der Waals surface area (Å²) in [5.74, 6) is 1.36. The molecule has 16 heavy (non-hydrogen) atoms. The molecule has 1 aliphatic rings. The van der Waals surface area contributed by atoms with Gasteiger partial charge in [-0.05, 0) is 55.8 Å². The molecule has 0 saturated carbocycles. The van der Waals surface area contributed by atoms with Crippen molar-refractivity contribution >= 4 is 0 Å². The summed E-state index contributed by atoms with van der Waals surface area (Å²) < 4.78 is 0.